The van der Waals surface area contributed by atoms with E-state index in [-0.39, 0.29) is 28.8 Å². The number of benzene rings is 6. The summed E-state index contributed by atoms with van der Waals surface area (Å²) in [5.74, 6) is 4.48. The molecular weight excluding hydrogens is 1750 g/mol. The number of anilines is 1. The van der Waals surface area contributed by atoms with Gasteiger partial charge in [0.2, 0.25) is 29.3 Å². The van der Waals surface area contributed by atoms with Gasteiger partial charge in [0.25, 0.3) is 17.7 Å². The van der Waals surface area contributed by atoms with Gasteiger partial charge in [0.1, 0.15) is 40.0 Å². The number of guanidine groups is 5. The van der Waals surface area contributed by atoms with Gasteiger partial charge >= 0.3 is 0 Å². The number of aliphatic imine (C=N–C) groups is 5. The van der Waals surface area contributed by atoms with Crippen molar-refractivity contribution in [1.82, 2.24) is 45.3 Å². The summed E-state index contributed by atoms with van der Waals surface area (Å²) < 4.78 is 13.3. The smallest absolute Gasteiger partial charge is 0.257 e. The Morgan fingerprint density at radius 3 is 1.49 bits per heavy atom. The lowest BCUT2D eigenvalue weighted by molar-refractivity contribution is -0.163. The monoisotopic (exact) mass is 1880 g/mol. The highest BCUT2D eigenvalue weighted by atomic mass is 35.5. The van der Waals surface area contributed by atoms with Gasteiger partial charge in [-0.15, -0.1) is 0 Å². The van der Waals surface area contributed by atoms with E-state index < -0.39 is 33.9 Å². The summed E-state index contributed by atoms with van der Waals surface area (Å²) in [7, 11) is 8.70. The Morgan fingerprint density at radius 2 is 0.963 bits per heavy atom. The van der Waals surface area contributed by atoms with Gasteiger partial charge in [0.15, 0.2) is 11.9 Å². The van der Waals surface area contributed by atoms with Crippen LogP contribution in [0.5, 0.6) is 0 Å². The van der Waals surface area contributed by atoms with E-state index in [0.717, 1.165) is 157 Å². The second-order valence-corrected chi connectivity index (χ2v) is 38.8. The zero-order chi connectivity index (χ0) is 95.1. The Labute approximate surface area is 802 Å². The van der Waals surface area contributed by atoms with Crippen LogP contribution in [0.1, 0.15) is 208 Å². The van der Waals surface area contributed by atoms with Gasteiger partial charge in [0, 0.05) is 104 Å². The topological polar surface area (TPSA) is 350 Å². The molecule has 0 radical (unpaired) electrons. The summed E-state index contributed by atoms with van der Waals surface area (Å²) in [4.78, 5) is 95.7. The number of halogens is 4. The van der Waals surface area contributed by atoms with Crippen LogP contribution in [0.2, 0.25) is 15.2 Å². The molecule has 0 saturated heterocycles. The summed E-state index contributed by atoms with van der Waals surface area (Å²) in [6.07, 6.45) is 32.2. The van der Waals surface area contributed by atoms with Gasteiger partial charge in [-0.3, -0.25) is 34.0 Å². The highest BCUT2D eigenvalue weighted by Gasteiger charge is 2.50. The molecule has 3 aromatic heterocycles. The highest BCUT2D eigenvalue weighted by molar-refractivity contribution is 6.33. The lowest BCUT2D eigenvalue weighted by Gasteiger charge is -2.35. The molecule has 3 unspecified atom stereocenters. The molecule has 9 aliphatic rings. The second kappa shape index (κ2) is 43.8. The number of pyridine rings is 3. The molecule has 9 atom stereocenters. The van der Waals surface area contributed by atoms with Crippen LogP contribution in [0.25, 0.3) is 44.5 Å². The molecule has 4 fully saturated rings. The van der Waals surface area contributed by atoms with E-state index in [0.29, 0.717) is 82.4 Å². The van der Waals surface area contributed by atoms with Gasteiger partial charge in [-0.05, 0) is 221 Å². The van der Waals surface area contributed by atoms with E-state index in [1.54, 1.807) is 70.6 Å². The molecule has 12 N–H and O–H groups in total. The predicted octanol–water partition coefficient (Wildman–Crippen LogP) is 19.6. The number of nitrogens with one attached hydrogen (secondary N) is 2. The van der Waals surface area contributed by atoms with E-state index in [9.17, 15) is 18.8 Å². The van der Waals surface area contributed by atoms with Crippen LogP contribution in [-0.2, 0) is 41.1 Å². The van der Waals surface area contributed by atoms with E-state index >= 15 is 0 Å². The number of aryl methyl sites for hydroxylation is 1. The number of carbonyl (C=O) groups is 3. The van der Waals surface area contributed by atoms with Crippen LogP contribution in [0.3, 0.4) is 0 Å². The molecule has 5 aliphatic heterocycles. The van der Waals surface area contributed by atoms with Crippen LogP contribution in [0.4, 0.5) is 10.2 Å². The number of likely N-dealkylation sites (N-methyl/N-ethyl adjacent to an activating group) is 2. The average molecular weight is 1880 g/mol. The molecule has 4 saturated carbocycles. The molecule has 18 rings (SSSR count). The number of nitrogens with two attached hydrogens (primary N) is 5. The van der Waals surface area contributed by atoms with Gasteiger partial charge in [-0.1, -0.05) is 240 Å². The standard InChI is InChI=1S/C30H41N5O.C26H38ClN5O2.C16H15ClFN3O.C16H16ClN3O.C16H18N4O/c1-35-28(36)30(34-29(35)31,18-17-22-9-4-2-5-10-22)20-23-11-8-14-26(19-23)33-27-16-15-25(21-32-27)24-12-6-3-7-13-24;1-17-13-20(15-22(27)29-17)23(33)30-21-10-6-9-19(14-21)16-26(24(34)32(2)25(28)31-26)12-11-18-7-4-3-5-8-18;1-16(20-15(19)21(2)22-16)12-5-3-4-10(8-12)11-6-7-14(18)13(17)9-11;1-16(19-15(18)20(2)21-16)12-7-5-6-11(10-12)13-8-3-4-9-14(13)17;1-16(11-21-20(2)15(17)19-16)14-7-3-5-12(9-14)13-6-4-8-18-10-13/h3,6-7,12-13,15-16,21-23,26H,2,4-5,8-11,14,17-20H2,1H3,(H2,31,34)(H,32,33);13,15,18-19,21H,3-12,14,16H2,1-2H3,(H2,28,31)(H,30,33);3-9H,1-2H3,(H2,19,20);3-10H,1-2H3,(H2,18,19);3-10H,11H2,1-2H3,(H2,17,19)/t23-,26+,30+;19-,21+,26+;;;/m00.../s1. The predicted molar refractivity (Wildman–Crippen MR) is 533 cm³/mol. The number of carbonyl (C=O) groups excluding carboxylic acids is 3. The number of aromatic nitrogens is 3. The fraction of sp³-hybridized carbons (Fsp3) is 0.433. The maximum atomic E-state index is 13.4. The molecule has 0 bridgehead atoms. The van der Waals surface area contributed by atoms with Crippen molar-refractivity contribution in [3.8, 4) is 44.5 Å². The van der Waals surface area contributed by atoms with E-state index in [2.05, 4.69) is 84.1 Å². The third-order valence-corrected chi connectivity index (χ3v) is 28.4. The molecule has 708 valence electrons. The van der Waals surface area contributed by atoms with Gasteiger partial charge in [-0.25, -0.2) is 64.2 Å². The van der Waals surface area contributed by atoms with Crippen molar-refractivity contribution in [3.63, 3.8) is 0 Å². The summed E-state index contributed by atoms with van der Waals surface area (Å²) in [6, 6.07) is 58.6. The number of hydrogen-bond donors (Lipinski definition) is 7. The van der Waals surface area contributed by atoms with Crippen LogP contribution in [-0.4, -0.2) is 152 Å². The zero-order valence-corrected chi connectivity index (χ0v) is 80.6. The van der Waals surface area contributed by atoms with E-state index in [4.69, 9.17) is 93.0 Å². The zero-order valence-electron chi connectivity index (χ0n) is 78.4. The Kier molecular flexibility index (Phi) is 32.2. The maximum Gasteiger partial charge on any atom is 0.257 e. The van der Waals surface area contributed by atoms with Gasteiger partial charge in [-0.2, -0.15) is 0 Å². The summed E-state index contributed by atoms with van der Waals surface area (Å²) in [5, 5.41) is 12.4. The number of hydrogen-bond acceptors (Lipinski definition) is 23. The van der Waals surface area contributed by atoms with Gasteiger partial charge in [0.05, 0.1) is 5.02 Å². The second-order valence-electron chi connectivity index (χ2n) is 37.6. The van der Waals surface area contributed by atoms with Crippen molar-refractivity contribution in [2.75, 3.05) is 47.2 Å². The minimum Gasteiger partial charge on any atom is -0.369 e. The number of rotatable bonds is 21. The SMILES string of the molecule is CN1C(=O)[C@@](CCC2CCCCC2)(C[C@H]2CCC[C@@H](Nc3ccc(-c4ccccc4)cn3)C2)N=C1N.CN1OC(C)(c2cccc(-c3ccc(F)c(Cl)c3)c2)N=C1N.CN1OC(C)(c2cccc(-c3ccccc3Cl)c2)N=C1N.CN1OCC(C)(c2cccc(-c3cccnc3)c2)N=C1N.Cc1cc(C(=O)N[C@@H]2CCC[C@H](C[C@@]3(CCC4CCCCC4)N=C(N)N(C)C3=O)C2)cc(Cl)n1. The minimum atomic E-state index is -0.876. The quantitative estimate of drug-likeness (QED) is 0.0329. The summed E-state index contributed by atoms with van der Waals surface area (Å²) in [5.41, 5.74) is 38.5. The van der Waals surface area contributed by atoms with Crippen LogP contribution < -0.4 is 39.3 Å². The fourth-order valence-corrected chi connectivity index (χ4v) is 20.7. The largest absolute Gasteiger partial charge is 0.369 e. The Hall–Kier alpha value is -11.6. The van der Waals surface area contributed by atoms with Crippen LogP contribution in [0, 0.1) is 36.4 Å². The van der Waals surface area contributed by atoms with E-state index in [1.807, 2.05) is 143 Å². The molecule has 8 heterocycles. The molecule has 3 amide bonds. The number of hydroxylamine groups is 6. The van der Waals surface area contributed by atoms with Crippen molar-refractivity contribution in [2.24, 2.45) is 77.3 Å². The molecule has 134 heavy (non-hydrogen) atoms. The number of amides is 3. The van der Waals surface area contributed by atoms with Crippen LogP contribution in [0.15, 0.2) is 226 Å². The Morgan fingerprint density at radius 1 is 0.470 bits per heavy atom. The summed E-state index contributed by atoms with van der Waals surface area (Å²) >= 11 is 18.2. The first-order chi connectivity index (χ1) is 64.2. The fourth-order valence-electron chi connectivity index (χ4n) is 20.0. The average Bonchev–Trinajstić information content (AvgIpc) is 1.56. The van der Waals surface area contributed by atoms with E-state index in [1.165, 1.54) is 95.9 Å². The maximum absolute atomic E-state index is 13.4. The third kappa shape index (κ3) is 24.4. The molecule has 9 aromatic rings. The van der Waals surface area contributed by atoms with Gasteiger partial charge < -0.3 is 39.3 Å². The number of nitrogens with zero attached hydrogens (tertiary/aromatic N) is 13. The Balaban J connectivity index is 0.000000137. The summed E-state index contributed by atoms with van der Waals surface area (Å²) in [6.45, 7) is 8.03. The normalized spacial score (nSPS) is 24.7. The lowest BCUT2D eigenvalue weighted by atomic mass is 9.74. The van der Waals surface area contributed by atoms with Crippen molar-refractivity contribution >= 4 is 88.1 Å². The minimum absolute atomic E-state index is 0.0360. The first kappa shape index (κ1) is 98.4. The third-order valence-electron chi connectivity index (χ3n) is 27.6. The van der Waals surface area contributed by atoms with Crippen molar-refractivity contribution in [2.45, 2.75) is 222 Å². The molecule has 30 heteroatoms. The van der Waals surface area contributed by atoms with Crippen LogP contribution >= 0.6 is 34.8 Å². The molecule has 4 aliphatic carbocycles. The Bertz CT molecular complexity index is 5730. The lowest BCUT2D eigenvalue weighted by Crippen LogP contribution is -2.45. The molecular formula is C104H128Cl3FN20O6. The van der Waals surface area contributed by atoms with Crippen molar-refractivity contribution in [3.05, 3.63) is 250 Å². The highest BCUT2D eigenvalue weighted by Crippen LogP contribution is 2.46. The molecule has 6 aromatic carbocycles. The first-order valence-electron chi connectivity index (χ1n) is 47.0. The molecule has 26 nitrogen and oxygen atoms in total. The van der Waals surface area contributed by atoms with Crippen molar-refractivity contribution < 1.29 is 33.3 Å². The first-order valence-corrected chi connectivity index (χ1v) is 48.1. The molecule has 0 spiro atoms. The van der Waals surface area contributed by atoms with Crippen molar-refractivity contribution in [1.29, 1.82) is 0 Å².